The lowest BCUT2D eigenvalue weighted by Gasteiger charge is -2.43. The number of methoxy groups -OCH3 is 1. The molecule has 2 aromatic heterocycles. The van der Waals surface area contributed by atoms with E-state index in [9.17, 15) is 13.2 Å². The van der Waals surface area contributed by atoms with E-state index in [2.05, 4.69) is 15.1 Å². The lowest BCUT2D eigenvalue weighted by atomic mass is 9.97. The van der Waals surface area contributed by atoms with Gasteiger partial charge in [-0.25, -0.2) is 9.97 Å². The third-order valence-corrected chi connectivity index (χ3v) is 6.40. The Hall–Kier alpha value is -3.47. The number of alkyl halides is 3. The minimum atomic E-state index is -4.60. The average molecular weight is 522 g/mol. The van der Waals surface area contributed by atoms with Crippen LogP contribution in [0, 0.1) is 6.92 Å². The Morgan fingerprint density at radius 2 is 2.03 bits per heavy atom. The molecular weight excluding hydrogens is 499 g/mol. The van der Waals surface area contributed by atoms with Crippen LogP contribution in [0.4, 0.5) is 13.2 Å². The summed E-state index contributed by atoms with van der Waals surface area (Å²) in [5.74, 6) is 0.580. The quantitative estimate of drug-likeness (QED) is 0.477. The zero-order valence-corrected chi connectivity index (χ0v) is 20.3. The van der Waals surface area contributed by atoms with E-state index < -0.39 is 17.8 Å². The third kappa shape index (κ3) is 4.67. The van der Waals surface area contributed by atoms with Gasteiger partial charge in [0.05, 0.1) is 24.7 Å². The van der Waals surface area contributed by atoms with E-state index in [0.29, 0.717) is 42.5 Å². The lowest BCUT2D eigenvalue weighted by Crippen LogP contribution is -2.57. The first-order valence-corrected chi connectivity index (χ1v) is 11.7. The van der Waals surface area contributed by atoms with Gasteiger partial charge in [0.1, 0.15) is 35.9 Å². The fraction of sp³-hybridized carbons (Fsp3) is 0.375. The normalized spacial score (nSPS) is 19.8. The molecule has 0 radical (unpaired) electrons. The summed E-state index contributed by atoms with van der Waals surface area (Å²) in [5.41, 5.74) is 1.16. The standard InChI is InChI=1S/C24H23ClF3N5O3/c1-14-11-32(13-29-14)18-7-6-17(30-23(18)34-2)22-31-35-12-19-21(4-3-9-33(19)22)36-20-8-5-15(25)10-16(20)24(26,27)28/h5-8,10-11,13,19,21H,3-4,9,12H2,1-2H3/t19-,21-/m1/s1. The van der Waals surface area contributed by atoms with Gasteiger partial charge in [-0.05, 0) is 50.1 Å². The minimum absolute atomic E-state index is 0.00955. The van der Waals surface area contributed by atoms with Crippen molar-refractivity contribution in [2.24, 2.45) is 5.16 Å². The molecule has 0 bridgehead atoms. The SMILES string of the molecule is COc1nc(C2=NOC[C@@H]3[C@H](Oc4ccc(Cl)cc4C(F)(F)F)CCCN23)ccc1-n1cnc(C)c1. The Bertz CT molecular complexity index is 1300. The number of hydrogen-bond acceptors (Lipinski definition) is 7. The average Bonchev–Trinajstić information content (AvgIpc) is 3.30. The Morgan fingerprint density at radius 1 is 1.19 bits per heavy atom. The number of fused-ring (bicyclic) bond motifs is 1. The van der Waals surface area contributed by atoms with E-state index in [-0.39, 0.29) is 23.4 Å². The summed E-state index contributed by atoms with van der Waals surface area (Å²) in [6.45, 7) is 2.69. The van der Waals surface area contributed by atoms with Crippen LogP contribution in [0.2, 0.25) is 5.02 Å². The number of halogens is 4. The molecule has 0 amide bonds. The Kier molecular flexibility index (Phi) is 6.42. The molecule has 5 rings (SSSR count). The van der Waals surface area contributed by atoms with E-state index in [4.69, 9.17) is 25.9 Å². The second-order valence-corrected chi connectivity index (χ2v) is 8.99. The number of aromatic nitrogens is 3. The zero-order valence-electron chi connectivity index (χ0n) is 19.5. The van der Waals surface area contributed by atoms with Crippen molar-refractivity contribution in [3.63, 3.8) is 0 Å². The van der Waals surface area contributed by atoms with E-state index >= 15 is 0 Å². The number of imidazole rings is 1. The number of amidine groups is 1. The highest BCUT2D eigenvalue weighted by atomic mass is 35.5. The number of rotatable bonds is 5. The van der Waals surface area contributed by atoms with Crippen LogP contribution in [0.15, 0.2) is 48.0 Å². The number of aryl methyl sites for hydroxylation is 1. The molecule has 0 N–H and O–H groups in total. The summed E-state index contributed by atoms with van der Waals surface area (Å²) in [7, 11) is 1.52. The van der Waals surface area contributed by atoms with Crippen LogP contribution in [0.5, 0.6) is 11.6 Å². The predicted molar refractivity (Wildman–Crippen MR) is 126 cm³/mol. The van der Waals surface area contributed by atoms with Crippen molar-refractivity contribution in [1.82, 2.24) is 19.4 Å². The second-order valence-electron chi connectivity index (χ2n) is 8.56. The predicted octanol–water partition coefficient (Wildman–Crippen LogP) is 4.86. The van der Waals surface area contributed by atoms with Gasteiger partial charge < -0.3 is 23.8 Å². The van der Waals surface area contributed by atoms with Gasteiger partial charge in [0.15, 0.2) is 5.84 Å². The fourth-order valence-corrected chi connectivity index (χ4v) is 4.66. The highest BCUT2D eigenvalue weighted by molar-refractivity contribution is 6.30. The molecular formula is C24H23ClF3N5O3. The maximum atomic E-state index is 13.6. The van der Waals surface area contributed by atoms with Gasteiger partial charge in [0.2, 0.25) is 5.88 Å². The molecule has 4 heterocycles. The summed E-state index contributed by atoms with van der Waals surface area (Å²) in [6, 6.07) is 6.80. The van der Waals surface area contributed by atoms with Crippen molar-refractivity contribution in [2.45, 2.75) is 38.1 Å². The van der Waals surface area contributed by atoms with Crippen LogP contribution >= 0.6 is 11.6 Å². The first-order chi connectivity index (χ1) is 17.2. The molecule has 2 aliphatic rings. The molecule has 0 aliphatic carbocycles. The van der Waals surface area contributed by atoms with Crippen LogP contribution in [0.3, 0.4) is 0 Å². The van der Waals surface area contributed by atoms with Gasteiger partial charge in [-0.15, -0.1) is 0 Å². The van der Waals surface area contributed by atoms with Crippen molar-refractivity contribution < 1.29 is 27.5 Å². The van der Waals surface area contributed by atoms with Crippen molar-refractivity contribution >= 4 is 17.4 Å². The summed E-state index contributed by atoms with van der Waals surface area (Å²) in [6.07, 6.45) is -0.368. The molecule has 36 heavy (non-hydrogen) atoms. The number of benzene rings is 1. The second kappa shape index (κ2) is 9.53. The Balaban J connectivity index is 1.42. The number of hydrogen-bond donors (Lipinski definition) is 0. The van der Waals surface area contributed by atoms with Gasteiger partial charge in [-0.3, -0.25) is 0 Å². The van der Waals surface area contributed by atoms with Gasteiger partial charge in [-0.2, -0.15) is 13.2 Å². The summed E-state index contributed by atoms with van der Waals surface area (Å²) < 4.78 is 54.1. The van der Waals surface area contributed by atoms with Crippen LogP contribution in [0.1, 0.15) is 29.8 Å². The van der Waals surface area contributed by atoms with E-state index in [0.717, 1.165) is 11.8 Å². The molecule has 3 aromatic rings. The van der Waals surface area contributed by atoms with E-state index in [1.165, 1.54) is 19.2 Å². The van der Waals surface area contributed by atoms with Crippen LogP contribution in [0.25, 0.3) is 5.69 Å². The van der Waals surface area contributed by atoms with Crippen LogP contribution in [-0.4, -0.2) is 57.7 Å². The summed E-state index contributed by atoms with van der Waals surface area (Å²) in [4.78, 5) is 16.4. The number of piperidine rings is 1. The van der Waals surface area contributed by atoms with E-state index in [1.54, 1.807) is 12.4 Å². The van der Waals surface area contributed by atoms with Crippen LogP contribution in [-0.2, 0) is 11.0 Å². The first-order valence-electron chi connectivity index (χ1n) is 11.3. The zero-order chi connectivity index (χ0) is 25.4. The molecule has 12 heteroatoms. The molecule has 0 saturated carbocycles. The maximum Gasteiger partial charge on any atom is 0.420 e. The molecule has 2 atom stereocenters. The van der Waals surface area contributed by atoms with Gasteiger partial charge in [0, 0.05) is 17.8 Å². The molecule has 8 nitrogen and oxygen atoms in total. The van der Waals surface area contributed by atoms with Gasteiger partial charge >= 0.3 is 6.18 Å². The molecule has 190 valence electrons. The smallest absolute Gasteiger partial charge is 0.420 e. The molecule has 1 fully saturated rings. The molecule has 1 saturated heterocycles. The lowest BCUT2D eigenvalue weighted by molar-refractivity contribution is -0.139. The van der Waals surface area contributed by atoms with E-state index in [1.807, 2.05) is 28.7 Å². The molecule has 0 unspecified atom stereocenters. The summed E-state index contributed by atoms with van der Waals surface area (Å²) in [5, 5.41) is 4.22. The number of ether oxygens (including phenoxy) is 2. The molecule has 2 aliphatic heterocycles. The monoisotopic (exact) mass is 521 g/mol. The minimum Gasteiger partial charge on any atom is -0.488 e. The van der Waals surface area contributed by atoms with Crippen molar-refractivity contribution in [3.05, 3.63) is 64.8 Å². The number of nitrogens with zero attached hydrogens (tertiary/aromatic N) is 5. The Morgan fingerprint density at radius 3 is 2.75 bits per heavy atom. The topological polar surface area (TPSA) is 74.0 Å². The number of oxime groups is 1. The number of pyridine rings is 1. The molecule has 1 aromatic carbocycles. The summed E-state index contributed by atoms with van der Waals surface area (Å²) >= 11 is 5.82. The highest BCUT2D eigenvalue weighted by Crippen LogP contribution is 2.39. The fourth-order valence-electron chi connectivity index (χ4n) is 4.49. The van der Waals surface area contributed by atoms with Crippen molar-refractivity contribution in [2.75, 3.05) is 20.3 Å². The Labute approximate surface area is 210 Å². The molecule has 0 spiro atoms. The largest absolute Gasteiger partial charge is 0.488 e. The third-order valence-electron chi connectivity index (χ3n) is 6.16. The first kappa shape index (κ1) is 24.2. The van der Waals surface area contributed by atoms with Crippen molar-refractivity contribution in [1.29, 1.82) is 0 Å². The maximum absolute atomic E-state index is 13.6. The van der Waals surface area contributed by atoms with Crippen LogP contribution < -0.4 is 9.47 Å². The van der Waals surface area contributed by atoms with Gasteiger partial charge in [-0.1, -0.05) is 16.8 Å². The highest BCUT2D eigenvalue weighted by Gasteiger charge is 2.41. The van der Waals surface area contributed by atoms with Gasteiger partial charge in [0.25, 0.3) is 0 Å². The van der Waals surface area contributed by atoms with Crippen molar-refractivity contribution in [3.8, 4) is 17.3 Å².